The van der Waals surface area contributed by atoms with E-state index in [1.807, 2.05) is 90.1 Å². The van der Waals surface area contributed by atoms with Gasteiger partial charge in [0.25, 0.3) is 5.91 Å². The Balaban J connectivity index is 1.73. The minimum absolute atomic E-state index is 0.391. The lowest BCUT2D eigenvalue weighted by Crippen LogP contribution is -2.42. The first kappa shape index (κ1) is 29.6. The number of anilines is 1. The van der Waals surface area contributed by atoms with Gasteiger partial charge in [0.15, 0.2) is 5.71 Å². The third-order valence-corrected chi connectivity index (χ3v) is 8.40. The number of nitrogens with zero attached hydrogens (tertiary/aromatic N) is 2. The molecule has 2 atom stereocenters. The van der Waals surface area contributed by atoms with Crippen molar-refractivity contribution in [3.8, 4) is 11.5 Å². The van der Waals surface area contributed by atoms with E-state index in [0.717, 1.165) is 45.4 Å². The van der Waals surface area contributed by atoms with Crippen LogP contribution in [0.2, 0.25) is 0 Å². The third kappa shape index (κ3) is 5.03. The first-order valence-electron chi connectivity index (χ1n) is 13.7. The van der Waals surface area contributed by atoms with Gasteiger partial charge in [0.1, 0.15) is 17.5 Å². The second kappa shape index (κ2) is 10.9. The zero-order chi connectivity index (χ0) is 30.3. The summed E-state index contributed by atoms with van der Waals surface area (Å²) in [5, 5.41) is 0. The van der Waals surface area contributed by atoms with Crippen molar-refractivity contribution < 1.29 is 23.6 Å². The molecule has 0 saturated heterocycles. The summed E-state index contributed by atoms with van der Waals surface area (Å²) in [6.07, 6.45) is 9.89. The molecule has 2 amide bonds. The molecule has 0 bridgehead atoms. The summed E-state index contributed by atoms with van der Waals surface area (Å²) < 4.78 is 12.9. The van der Waals surface area contributed by atoms with Crippen LogP contribution in [0, 0.1) is 0 Å². The molecule has 0 aromatic heterocycles. The van der Waals surface area contributed by atoms with Gasteiger partial charge in [0.05, 0.1) is 19.6 Å². The molecule has 216 valence electrons. The molecule has 2 aromatic rings. The first-order valence-corrected chi connectivity index (χ1v) is 13.7. The topological polar surface area (TPSA) is 111 Å². The van der Waals surface area contributed by atoms with Crippen LogP contribution >= 0.6 is 0 Å². The highest BCUT2D eigenvalue weighted by Gasteiger charge is 2.47. The fourth-order valence-electron chi connectivity index (χ4n) is 5.87. The first-order chi connectivity index (χ1) is 19.3. The van der Waals surface area contributed by atoms with Crippen molar-refractivity contribution in [1.29, 1.82) is 0 Å². The van der Waals surface area contributed by atoms with E-state index in [0.29, 0.717) is 0 Å². The Bertz CT molecular complexity index is 1510. The summed E-state index contributed by atoms with van der Waals surface area (Å²) in [6.45, 7) is 12.1. The number of carbonyl (C=O) groups excluding carboxylic acids is 2. The minimum Gasteiger partial charge on any atom is -0.497 e. The lowest BCUT2D eigenvalue weighted by Gasteiger charge is -2.30. The van der Waals surface area contributed by atoms with Crippen molar-refractivity contribution in [1.82, 2.24) is 0 Å². The van der Waals surface area contributed by atoms with Crippen LogP contribution in [0.4, 0.5) is 11.4 Å². The summed E-state index contributed by atoms with van der Waals surface area (Å²) in [4.78, 5) is 26.6. The van der Waals surface area contributed by atoms with Crippen LogP contribution in [-0.2, 0) is 20.4 Å². The van der Waals surface area contributed by atoms with Gasteiger partial charge >= 0.3 is 0 Å². The molecular weight excluding hydrogens is 516 g/mol. The molecule has 41 heavy (non-hydrogen) atoms. The summed E-state index contributed by atoms with van der Waals surface area (Å²) in [7, 11) is 3.28. The van der Waals surface area contributed by atoms with Crippen LogP contribution in [0.25, 0.3) is 0 Å². The van der Waals surface area contributed by atoms with Gasteiger partial charge in [-0.15, -0.1) is 0 Å². The predicted molar refractivity (Wildman–Crippen MR) is 163 cm³/mol. The number of rotatable bonds is 9. The SMILES string of the molecule is COc1ccc2c(c1)C(C)(C)C(/C=C/C=C/C=C1/N(C(C)C(N)=O)c3ccc(OC)cc3C1(C)C)=[N+]2C(C)C(N)=O. The molecule has 0 aliphatic carbocycles. The number of methoxy groups -OCH3 is 2. The Labute approximate surface area is 242 Å². The van der Waals surface area contributed by atoms with E-state index < -0.39 is 34.7 Å². The smallest absolute Gasteiger partial charge is 0.286 e. The molecule has 2 heterocycles. The maximum Gasteiger partial charge on any atom is 0.286 e. The van der Waals surface area contributed by atoms with Crippen LogP contribution in [0.3, 0.4) is 0 Å². The predicted octanol–water partition coefficient (Wildman–Crippen LogP) is 4.62. The Kier molecular flexibility index (Phi) is 7.89. The summed E-state index contributed by atoms with van der Waals surface area (Å²) >= 11 is 0. The van der Waals surface area contributed by atoms with Gasteiger partial charge in [-0.2, -0.15) is 4.58 Å². The molecular formula is C33H41N4O4+. The minimum atomic E-state index is -0.534. The van der Waals surface area contributed by atoms with E-state index in [2.05, 4.69) is 27.7 Å². The third-order valence-electron chi connectivity index (χ3n) is 8.40. The van der Waals surface area contributed by atoms with Crippen molar-refractivity contribution in [3.63, 3.8) is 0 Å². The number of nitrogens with two attached hydrogens (primary N) is 2. The number of hydrogen-bond acceptors (Lipinski definition) is 5. The molecule has 2 aliphatic rings. The second-order valence-corrected chi connectivity index (χ2v) is 11.6. The number of fused-ring (bicyclic) bond motifs is 2. The molecule has 0 fully saturated rings. The number of hydrogen-bond donors (Lipinski definition) is 2. The molecule has 8 heteroatoms. The lowest BCUT2D eigenvalue weighted by molar-refractivity contribution is -0.462. The van der Waals surface area contributed by atoms with Gasteiger partial charge in [-0.3, -0.25) is 9.59 Å². The van der Waals surface area contributed by atoms with Crippen LogP contribution in [-0.4, -0.2) is 48.4 Å². The second-order valence-electron chi connectivity index (χ2n) is 11.6. The zero-order valence-electron chi connectivity index (χ0n) is 25.2. The van der Waals surface area contributed by atoms with E-state index in [-0.39, 0.29) is 0 Å². The highest BCUT2D eigenvalue weighted by molar-refractivity contribution is 6.04. The Hall–Kier alpha value is -4.33. The largest absolute Gasteiger partial charge is 0.497 e. The summed E-state index contributed by atoms with van der Waals surface area (Å²) in [5.41, 5.74) is 16.6. The highest BCUT2D eigenvalue weighted by atomic mass is 16.5. The number of primary amides is 2. The summed E-state index contributed by atoms with van der Waals surface area (Å²) in [6, 6.07) is 10.7. The molecule has 4 rings (SSSR count). The number of carbonyl (C=O) groups is 2. The normalized spacial score (nSPS) is 19.5. The highest BCUT2D eigenvalue weighted by Crippen LogP contribution is 2.50. The van der Waals surface area contributed by atoms with Crippen molar-refractivity contribution in [2.75, 3.05) is 19.1 Å². The molecule has 8 nitrogen and oxygen atoms in total. The number of ether oxygens (including phenoxy) is 2. The van der Waals surface area contributed by atoms with Gasteiger partial charge in [-0.25, -0.2) is 0 Å². The van der Waals surface area contributed by atoms with Gasteiger partial charge in [-0.05, 0) is 62.7 Å². The van der Waals surface area contributed by atoms with Crippen LogP contribution in [0.1, 0.15) is 52.7 Å². The van der Waals surface area contributed by atoms with Gasteiger partial charge in [-0.1, -0.05) is 32.1 Å². The van der Waals surface area contributed by atoms with Crippen LogP contribution in [0.5, 0.6) is 11.5 Å². The molecule has 2 aliphatic heterocycles. The van der Waals surface area contributed by atoms with Gasteiger partial charge in [0, 0.05) is 41.4 Å². The molecule has 0 saturated carbocycles. The molecule has 0 spiro atoms. The molecule has 0 radical (unpaired) electrons. The van der Waals surface area contributed by atoms with E-state index >= 15 is 0 Å². The van der Waals surface area contributed by atoms with Gasteiger partial charge in [0.2, 0.25) is 17.6 Å². The van der Waals surface area contributed by atoms with Crippen molar-refractivity contribution >= 4 is 28.9 Å². The monoisotopic (exact) mass is 557 g/mol. The fraction of sp³-hybridized carbons (Fsp3) is 0.364. The van der Waals surface area contributed by atoms with Crippen molar-refractivity contribution in [2.45, 2.75) is 64.5 Å². The molecule has 2 aromatic carbocycles. The standard InChI is InChI=1S/C33H40N4O4/c1-20(30(34)38)36-26-16-14-22(40-7)18-24(26)32(3,4)28(36)12-10-9-11-13-29-33(5,6)25-19-23(41-8)15-17-27(25)37(29)21(2)31(35)39/h9-21H,1-8H3,(H3-,34,35,38,39)/p+1. The van der Waals surface area contributed by atoms with E-state index in [9.17, 15) is 9.59 Å². The Morgan fingerprint density at radius 2 is 1.46 bits per heavy atom. The van der Waals surface area contributed by atoms with Crippen LogP contribution in [0.15, 0.2) is 72.5 Å². The number of amides is 2. The maximum atomic E-state index is 12.3. The van der Waals surface area contributed by atoms with Crippen LogP contribution < -0.4 is 25.8 Å². The van der Waals surface area contributed by atoms with E-state index in [1.54, 1.807) is 14.2 Å². The van der Waals surface area contributed by atoms with Gasteiger partial charge < -0.3 is 25.8 Å². The summed E-state index contributed by atoms with van der Waals surface area (Å²) in [5.74, 6) is 0.707. The lowest BCUT2D eigenvalue weighted by atomic mass is 9.81. The van der Waals surface area contributed by atoms with E-state index in [1.165, 1.54) is 0 Å². The Morgan fingerprint density at radius 1 is 0.854 bits per heavy atom. The molecule has 2 unspecified atom stereocenters. The van der Waals surface area contributed by atoms with Crippen molar-refractivity contribution in [3.05, 3.63) is 83.6 Å². The average molecular weight is 558 g/mol. The number of allylic oxidation sites excluding steroid dienone is 6. The maximum absolute atomic E-state index is 12.3. The zero-order valence-corrected chi connectivity index (χ0v) is 25.2. The average Bonchev–Trinajstić information content (AvgIpc) is 3.29. The fourth-order valence-corrected chi connectivity index (χ4v) is 5.87. The Morgan fingerprint density at radius 3 is 2.05 bits per heavy atom. The van der Waals surface area contributed by atoms with E-state index in [4.69, 9.17) is 20.9 Å². The quantitative estimate of drug-likeness (QED) is 0.345. The molecule has 4 N–H and O–H groups in total. The number of benzene rings is 2. The van der Waals surface area contributed by atoms with Crippen molar-refractivity contribution in [2.24, 2.45) is 11.5 Å².